The average molecular weight is 278 g/mol. The van der Waals surface area contributed by atoms with E-state index in [1.54, 1.807) is 0 Å². The van der Waals surface area contributed by atoms with E-state index in [0.29, 0.717) is 23.1 Å². The number of hydrogen-bond donors (Lipinski definition) is 0. The topological polar surface area (TPSA) is 46.3 Å². The Morgan fingerprint density at radius 1 is 1.30 bits per heavy atom. The summed E-state index contributed by atoms with van der Waals surface area (Å²) in [5, 5.41) is 3.98. The van der Waals surface area contributed by atoms with Gasteiger partial charge in [0, 0.05) is 19.0 Å². The quantitative estimate of drug-likeness (QED) is 0.845. The number of amides is 1. The summed E-state index contributed by atoms with van der Waals surface area (Å²) in [7, 11) is 1.92. The van der Waals surface area contributed by atoms with Crippen LogP contribution in [0.2, 0.25) is 0 Å². The van der Waals surface area contributed by atoms with E-state index in [4.69, 9.17) is 4.52 Å². The molecule has 1 aromatic rings. The molecule has 4 nitrogen and oxygen atoms in total. The van der Waals surface area contributed by atoms with Crippen LogP contribution in [-0.4, -0.2) is 29.1 Å². The molecule has 1 fully saturated rings. The van der Waals surface area contributed by atoms with Gasteiger partial charge in [0.15, 0.2) is 5.76 Å². The van der Waals surface area contributed by atoms with Gasteiger partial charge in [-0.1, -0.05) is 25.9 Å². The summed E-state index contributed by atoms with van der Waals surface area (Å²) < 4.78 is 5.34. The summed E-state index contributed by atoms with van der Waals surface area (Å²) in [6.07, 6.45) is 4.62. The third kappa shape index (κ3) is 2.89. The maximum atomic E-state index is 12.8. The van der Waals surface area contributed by atoms with E-state index in [2.05, 4.69) is 12.1 Å². The first-order chi connectivity index (χ1) is 9.41. The van der Waals surface area contributed by atoms with Crippen molar-refractivity contribution in [3.8, 4) is 0 Å². The molecule has 0 aliphatic heterocycles. The molecule has 4 heteroatoms. The Balaban J connectivity index is 2.16. The van der Waals surface area contributed by atoms with Crippen molar-refractivity contribution in [1.29, 1.82) is 0 Å². The van der Waals surface area contributed by atoms with E-state index < -0.39 is 0 Å². The van der Waals surface area contributed by atoms with Crippen LogP contribution >= 0.6 is 0 Å². The van der Waals surface area contributed by atoms with Crippen molar-refractivity contribution in [3.63, 3.8) is 0 Å². The first-order valence-corrected chi connectivity index (χ1v) is 7.65. The molecular formula is C16H26N2O2. The highest BCUT2D eigenvalue weighted by atomic mass is 16.5. The fraction of sp³-hybridized carbons (Fsp3) is 0.750. The second-order valence-corrected chi connectivity index (χ2v) is 6.49. The fourth-order valence-electron chi connectivity index (χ4n) is 3.01. The van der Waals surface area contributed by atoms with Crippen LogP contribution in [0.4, 0.5) is 0 Å². The molecular weight excluding hydrogens is 252 g/mol. The zero-order chi connectivity index (χ0) is 14.9. The van der Waals surface area contributed by atoms with Gasteiger partial charge in [0.05, 0.1) is 5.69 Å². The van der Waals surface area contributed by atoms with Gasteiger partial charge >= 0.3 is 0 Å². The molecule has 0 N–H and O–H groups in total. The highest BCUT2D eigenvalue weighted by Crippen LogP contribution is 2.29. The Labute approximate surface area is 121 Å². The maximum absolute atomic E-state index is 12.8. The van der Waals surface area contributed by atoms with Crippen LogP contribution in [0.15, 0.2) is 4.52 Å². The van der Waals surface area contributed by atoms with Gasteiger partial charge in [-0.2, -0.15) is 0 Å². The van der Waals surface area contributed by atoms with Crippen LogP contribution < -0.4 is 0 Å². The minimum absolute atomic E-state index is 0.0620. The average Bonchev–Trinajstić information content (AvgIpc) is 2.80. The molecule has 0 bridgehead atoms. The molecule has 0 radical (unpaired) electrons. The van der Waals surface area contributed by atoms with Gasteiger partial charge in [-0.3, -0.25) is 4.79 Å². The molecule has 1 aromatic heterocycles. The van der Waals surface area contributed by atoms with Crippen LogP contribution in [-0.2, 0) is 0 Å². The molecule has 1 saturated carbocycles. The van der Waals surface area contributed by atoms with Crippen LogP contribution in [0.25, 0.3) is 0 Å². The third-order valence-electron chi connectivity index (χ3n) is 4.48. The molecule has 112 valence electrons. The van der Waals surface area contributed by atoms with Crippen molar-refractivity contribution in [3.05, 3.63) is 17.0 Å². The number of carbonyl (C=O) groups excluding carboxylic acids is 1. The van der Waals surface area contributed by atoms with E-state index in [9.17, 15) is 4.79 Å². The Morgan fingerprint density at radius 2 is 1.90 bits per heavy atom. The minimum atomic E-state index is 0.0620. The van der Waals surface area contributed by atoms with Crippen LogP contribution in [0.1, 0.15) is 74.2 Å². The normalized spacial score (nSPS) is 23.1. The smallest absolute Gasteiger partial charge is 0.259 e. The Kier molecular flexibility index (Phi) is 4.51. The first kappa shape index (κ1) is 15.1. The molecule has 0 saturated heterocycles. The molecule has 0 aromatic carbocycles. The third-order valence-corrected chi connectivity index (χ3v) is 4.48. The van der Waals surface area contributed by atoms with Crippen molar-refractivity contribution in [2.75, 3.05) is 7.05 Å². The molecule has 2 rings (SSSR count). The van der Waals surface area contributed by atoms with Gasteiger partial charge in [0.2, 0.25) is 0 Å². The van der Waals surface area contributed by atoms with Gasteiger partial charge in [-0.25, -0.2) is 0 Å². The lowest BCUT2D eigenvalue weighted by Crippen LogP contribution is -2.39. The maximum Gasteiger partial charge on any atom is 0.259 e. The Morgan fingerprint density at radius 3 is 2.45 bits per heavy atom. The predicted octanol–water partition coefficient (Wildman–Crippen LogP) is 3.76. The summed E-state index contributed by atoms with van der Waals surface area (Å²) in [6, 6.07) is 0.355. The number of aromatic nitrogens is 1. The van der Waals surface area contributed by atoms with Gasteiger partial charge in [0.25, 0.3) is 5.91 Å². The van der Waals surface area contributed by atoms with Crippen molar-refractivity contribution >= 4 is 5.91 Å². The lowest BCUT2D eigenvalue weighted by Gasteiger charge is -2.33. The monoisotopic (exact) mass is 278 g/mol. The van der Waals surface area contributed by atoms with E-state index in [1.165, 1.54) is 12.8 Å². The molecule has 0 spiro atoms. The highest BCUT2D eigenvalue weighted by molar-refractivity contribution is 5.96. The summed E-state index contributed by atoms with van der Waals surface area (Å²) in [5.41, 5.74) is 1.37. The van der Waals surface area contributed by atoms with Crippen LogP contribution in [0, 0.1) is 12.8 Å². The standard InChI is InChI=1S/C16H26N2O2/c1-10(2)15-14(12(4)17-20-15)16(19)18(5)13-8-6-11(3)7-9-13/h10-11,13H,6-9H2,1-5H3. The lowest BCUT2D eigenvalue weighted by atomic mass is 9.86. The Hall–Kier alpha value is -1.32. The molecule has 1 aliphatic rings. The number of carbonyl (C=O) groups is 1. The van der Waals surface area contributed by atoms with Crippen molar-refractivity contribution in [2.24, 2.45) is 5.92 Å². The van der Waals surface area contributed by atoms with Crippen molar-refractivity contribution in [2.45, 2.75) is 65.3 Å². The van der Waals surface area contributed by atoms with Crippen molar-refractivity contribution < 1.29 is 9.32 Å². The summed E-state index contributed by atoms with van der Waals surface area (Å²) in [4.78, 5) is 14.7. The highest BCUT2D eigenvalue weighted by Gasteiger charge is 2.30. The van der Waals surface area contributed by atoms with Gasteiger partial charge < -0.3 is 9.42 Å². The fourth-order valence-corrected chi connectivity index (χ4v) is 3.01. The molecule has 1 amide bonds. The number of hydrogen-bond acceptors (Lipinski definition) is 3. The molecule has 1 heterocycles. The lowest BCUT2D eigenvalue weighted by molar-refractivity contribution is 0.0676. The van der Waals surface area contributed by atoms with Crippen LogP contribution in [0.5, 0.6) is 0 Å². The minimum Gasteiger partial charge on any atom is -0.360 e. The van der Waals surface area contributed by atoms with E-state index in [0.717, 1.165) is 18.8 Å². The number of rotatable bonds is 3. The van der Waals surface area contributed by atoms with E-state index in [-0.39, 0.29) is 11.8 Å². The second-order valence-electron chi connectivity index (χ2n) is 6.49. The molecule has 20 heavy (non-hydrogen) atoms. The zero-order valence-electron chi connectivity index (χ0n) is 13.3. The largest absolute Gasteiger partial charge is 0.360 e. The number of nitrogens with zero attached hydrogens (tertiary/aromatic N) is 2. The van der Waals surface area contributed by atoms with Crippen LogP contribution in [0.3, 0.4) is 0 Å². The van der Waals surface area contributed by atoms with E-state index in [1.807, 2.05) is 32.7 Å². The van der Waals surface area contributed by atoms with Gasteiger partial charge in [-0.15, -0.1) is 0 Å². The SMILES string of the molecule is Cc1noc(C(C)C)c1C(=O)N(C)C1CCC(C)CC1. The molecule has 0 atom stereocenters. The van der Waals surface area contributed by atoms with Gasteiger partial charge in [-0.05, 0) is 38.5 Å². The molecule has 1 aliphatic carbocycles. The Bertz CT molecular complexity index is 471. The van der Waals surface area contributed by atoms with Gasteiger partial charge in [0.1, 0.15) is 5.56 Å². The second kappa shape index (κ2) is 5.98. The summed E-state index contributed by atoms with van der Waals surface area (Å²) in [6.45, 7) is 8.19. The molecule has 0 unspecified atom stereocenters. The van der Waals surface area contributed by atoms with Crippen molar-refractivity contribution in [1.82, 2.24) is 10.1 Å². The predicted molar refractivity (Wildman–Crippen MR) is 78.8 cm³/mol. The first-order valence-electron chi connectivity index (χ1n) is 7.65. The zero-order valence-corrected chi connectivity index (χ0v) is 13.3. The van der Waals surface area contributed by atoms with E-state index >= 15 is 0 Å². The summed E-state index contributed by atoms with van der Waals surface area (Å²) >= 11 is 0. The number of aryl methyl sites for hydroxylation is 1. The summed E-state index contributed by atoms with van der Waals surface area (Å²) in [5.74, 6) is 1.74.